The van der Waals surface area contributed by atoms with Crippen molar-refractivity contribution < 1.29 is 18.5 Å². The van der Waals surface area contributed by atoms with Gasteiger partial charge in [-0.15, -0.1) is 0 Å². The van der Waals surface area contributed by atoms with E-state index in [2.05, 4.69) is 15.9 Å². The van der Waals surface area contributed by atoms with Crippen molar-refractivity contribution in [2.24, 2.45) is 0 Å². The summed E-state index contributed by atoms with van der Waals surface area (Å²) in [5.41, 5.74) is -0.790. The number of hydrogen-bond donors (Lipinski definition) is 0. The monoisotopic (exact) mass is 279 g/mol. The van der Waals surface area contributed by atoms with Crippen molar-refractivity contribution in [2.75, 3.05) is 0 Å². The Morgan fingerprint density at radius 1 is 1.47 bits per heavy atom. The van der Waals surface area contributed by atoms with Crippen molar-refractivity contribution in [3.63, 3.8) is 0 Å². The molecule has 0 aliphatic carbocycles. The normalized spacial score (nSPS) is 10.4. The molecule has 1 aromatic rings. The minimum Gasteiger partial charge on any atom is -0.288 e. The Labute approximate surface area is 91.2 Å². The number of nitro groups is 1. The molecule has 0 atom stereocenters. The van der Waals surface area contributed by atoms with Gasteiger partial charge in [-0.2, -0.15) is 0 Å². The van der Waals surface area contributed by atoms with E-state index in [0.717, 1.165) is 12.1 Å². The summed E-state index contributed by atoms with van der Waals surface area (Å²) in [5, 5.41) is 10.4. The van der Waals surface area contributed by atoms with Crippen LogP contribution in [0.3, 0.4) is 0 Å². The first-order valence-electron chi connectivity index (χ1n) is 3.70. The molecule has 0 unspecified atom stereocenters. The summed E-state index contributed by atoms with van der Waals surface area (Å²) < 4.78 is 24.2. The van der Waals surface area contributed by atoms with Gasteiger partial charge < -0.3 is 0 Å². The topological polar surface area (TPSA) is 60.2 Å². The van der Waals surface area contributed by atoms with Crippen LogP contribution in [-0.4, -0.2) is 17.1 Å². The molecule has 0 spiro atoms. The smallest absolute Gasteiger partial charge is 0.288 e. The van der Waals surface area contributed by atoms with Gasteiger partial charge in [0.05, 0.1) is 9.40 Å². The van der Waals surface area contributed by atoms with Crippen LogP contribution in [0.25, 0.3) is 0 Å². The van der Waals surface area contributed by atoms with E-state index in [1.54, 1.807) is 0 Å². The molecular weight excluding hydrogens is 276 g/mol. The Morgan fingerprint density at radius 3 is 2.53 bits per heavy atom. The van der Waals surface area contributed by atoms with Gasteiger partial charge in [-0.25, -0.2) is 8.78 Å². The number of nitrogens with zero attached hydrogens (tertiary/aromatic N) is 1. The first-order chi connectivity index (χ1) is 6.93. The van der Waals surface area contributed by atoms with Crippen LogP contribution in [0, 0.1) is 10.1 Å². The average molecular weight is 280 g/mol. The van der Waals surface area contributed by atoms with Crippen LogP contribution in [0.1, 0.15) is 10.4 Å². The number of carbonyl (C=O) groups is 1. The Bertz CT molecular complexity index is 422. The lowest BCUT2D eigenvalue weighted by atomic mass is 10.1. The van der Waals surface area contributed by atoms with E-state index in [0.29, 0.717) is 0 Å². The third-order valence-corrected chi connectivity index (χ3v) is 2.30. The van der Waals surface area contributed by atoms with Crippen LogP contribution >= 0.6 is 15.9 Å². The summed E-state index contributed by atoms with van der Waals surface area (Å²) in [5.74, 6) is -1.43. The van der Waals surface area contributed by atoms with Gasteiger partial charge in [0.15, 0.2) is 0 Å². The summed E-state index contributed by atoms with van der Waals surface area (Å²) in [4.78, 5) is 20.5. The minimum atomic E-state index is -3.16. The van der Waals surface area contributed by atoms with Gasteiger partial charge in [0.2, 0.25) is 5.78 Å². The van der Waals surface area contributed by atoms with E-state index in [4.69, 9.17) is 0 Å². The van der Waals surface area contributed by atoms with Gasteiger partial charge in [-0.1, -0.05) is 0 Å². The van der Waals surface area contributed by atoms with E-state index >= 15 is 0 Å². The lowest BCUT2D eigenvalue weighted by Crippen LogP contribution is -2.10. The SMILES string of the molecule is O=C(c1ccc(Br)c([N+](=O)[O-])c1)C(F)F. The maximum Gasteiger partial charge on any atom is 0.300 e. The summed E-state index contributed by atoms with van der Waals surface area (Å²) in [7, 11) is 0. The zero-order chi connectivity index (χ0) is 11.6. The van der Waals surface area contributed by atoms with Gasteiger partial charge in [0.1, 0.15) is 0 Å². The number of hydrogen-bond acceptors (Lipinski definition) is 3. The average Bonchev–Trinajstić information content (AvgIpc) is 2.16. The number of nitro benzene ring substituents is 1. The van der Waals surface area contributed by atoms with Crippen LogP contribution in [0.5, 0.6) is 0 Å². The van der Waals surface area contributed by atoms with E-state index < -0.39 is 22.8 Å². The molecule has 7 heteroatoms. The molecule has 0 radical (unpaired) electrons. The highest BCUT2D eigenvalue weighted by Crippen LogP contribution is 2.26. The molecule has 0 aromatic heterocycles. The predicted octanol–water partition coefficient (Wildman–Crippen LogP) is 2.81. The molecule has 1 rings (SSSR count). The zero-order valence-electron chi connectivity index (χ0n) is 7.12. The van der Waals surface area contributed by atoms with Crippen molar-refractivity contribution in [1.82, 2.24) is 0 Å². The fourth-order valence-corrected chi connectivity index (χ4v) is 1.32. The maximum absolute atomic E-state index is 12.0. The number of ketones is 1. The Morgan fingerprint density at radius 2 is 2.07 bits per heavy atom. The van der Waals surface area contributed by atoms with Crippen molar-refractivity contribution >= 4 is 27.4 Å². The quantitative estimate of drug-likeness (QED) is 0.486. The second-order valence-corrected chi connectivity index (χ2v) is 3.44. The molecule has 0 bridgehead atoms. The number of halogens is 3. The van der Waals surface area contributed by atoms with Gasteiger partial charge in [-0.05, 0) is 28.1 Å². The zero-order valence-corrected chi connectivity index (χ0v) is 8.70. The Kier molecular flexibility index (Phi) is 3.46. The first-order valence-corrected chi connectivity index (χ1v) is 4.49. The molecule has 80 valence electrons. The molecule has 0 heterocycles. The maximum atomic E-state index is 12.0. The van der Waals surface area contributed by atoms with Crippen LogP contribution < -0.4 is 0 Å². The fourth-order valence-electron chi connectivity index (χ4n) is 0.932. The predicted molar refractivity (Wildman–Crippen MR) is 51.1 cm³/mol. The molecule has 1 aromatic carbocycles. The number of alkyl halides is 2. The summed E-state index contributed by atoms with van der Waals surface area (Å²) in [6, 6.07) is 3.11. The second-order valence-electron chi connectivity index (χ2n) is 2.59. The van der Waals surface area contributed by atoms with E-state index in [9.17, 15) is 23.7 Å². The number of Topliss-reactive ketones (excluding diaryl/α,β-unsaturated/α-hetero) is 1. The van der Waals surface area contributed by atoms with E-state index in [1.807, 2.05) is 0 Å². The molecule has 0 aliphatic heterocycles. The highest BCUT2D eigenvalue weighted by atomic mass is 79.9. The lowest BCUT2D eigenvalue weighted by molar-refractivity contribution is -0.385. The molecule has 4 nitrogen and oxygen atoms in total. The fraction of sp³-hybridized carbons (Fsp3) is 0.125. The number of rotatable bonds is 3. The molecule has 0 aliphatic rings. The molecule has 0 amide bonds. The largest absolute Gasteiger partial charge is 0.300 e. The van der Waals surface area contributed by atoms with E-state index in [-0.39, 0.29) is 10.0 Å². The summed E-state index contributed by atoms with van der Waals surface area (Å²) in [6.07, 6.45) is -3.16. The van der Waals surface area contributed by atoms with E-state index in [1.165, 1.54) is 6.07 Å². The van der Waals surface area contributed by atoms with Gasteiger partial charge in [0, 0.05) is 11.6 Å². The summed E-state index contributed by atoms with van der Waals surface area (Å²) >= 11 is 2.88. The van der Waals surface area contributed by atoms with Crippen molar-refractivity contribution in [1.29, 1.82) is 0 Å². The lowest BCUT2D eigenvalue weighted by Gasteiger charge is -2.00. The third kappa shape index (κ3) is 2.56. The van der Waals surface area contributed by atoms with Gasteiger partial charge >= 0.3 is 6.43 Å². The van der Waals surface area contributed by atoms with Gasteiger partial charge in [-0.3, -0.25) is 14.9 Å². The second kappa shape index (κ2) is 4.43. The molecule has 0 N–H and O–H groups in total. The van der Waals surface area contributed by atoms with Crippen molar-refractivity contribution in [2.45, 2.75) is 6.43 Å². The highest BCUT2D eigenvalue weighted by Gasteiger charge is 2.21. The molecule has 0 fully saturated rings. The minimum absolute atomic E-state index is 0.137. The standard InChI is InChI=1S/C8H4BrF2NO3/c9-5-2-1-4(7(13)8(10)11)3-6(5)12(14)15/h1-3,8H. The molecule has 15 heavy (non-hydrogen) atoms. The van der Waals surface area contributed by atoms with Crippen LogP contribution in [0.4, 0.5) is 14.5 Å². The van der Waals surface area contributed by atoms with Crippen molar-refractivity contribution in [3.05, 3.63) is 38.3 Å². The Hall–Kier alpha value is -1.37. The van der Waals surface area contributed by atoms with Crippen LogP contribution in [-0.2, 0) is 0 Å². The van der Waals surface area contributed by atoms with Gasteiger partial charge in [0.25, 0.3) is 5.69 Å². The van der Waals surface area contributed by atoms with Crippen LogP contribution in [0.2, 0.25) is 0 Å². The highest BCUT2D eigenvalue weighted by molar-refractivity contribution is 9.10. The van der Waals surface area contributed by atoms with Crippen molar-refractivity contribution in [3.8, 4) is 0 Å². The first kappa shape index (κ1) is 11.7. The molecule has 0 saturated heterocycles. The number of carbonyl (C=O) groups excluding carboxylic acids is 1. The number of benzene rings is 1. The molecular formula is C8H4BrF2NO3. The Balaban J connectivity index is 3.19. The molecule has 0 saturated carbocycles. The third-order valence-electron chi connectivity index (χ3n) is 1.63. The van der Waals surface area contributed by atoms with Crippen LogP contribution in [0.15, 0.2) is 22.7 Å². The summed E-state index contributed by atoms with van der Waals surface area (Å²) in [6.45, 7) is 0.